The monoisotopic (exact) mass is 442 g/mol. The lowest BCUT2D eigenvalue weighted by Gasteiger charge is -2.39. The Morgan fingerprint density at radius 2 is 1.74 bits per heavy atom. The number of halogens is 2. The molecule has 166 valence electrons. The van der Waals surface area contributed by atoms with E-state index in [0.717, 1.165) is 23.7 Å². The van der Waals surface area contributed by atoms with Crippen molar-refractivity contribution < 1.29 is 4.39 Å². The molecule has 5 rings (SSSR count). The lowest BCUT2D eigenvalue weighted by Crippen LogP contribution is -2.39. The van der Waals surface area contributed by atoms with Crippen molar-refractivity contribution in [3.63, 3.8) is 0 Å². The van der Waals surface area contributed by atoms with Crippen LogP contribution in [0.4, 0.5) is 10.2 Å². The largest absolute Gasteiger partial charge is 0.366 e. The molecule has 0 bridgehead atoms. The first kappa shape index (κ1) is 21.1. The van der Waals surface area contributed by atoms with E-state index in [0.29, 0.717) is 27.7 Å². The zero-order valence-electron chi connectivity index (χ0n) is 18.5. The van der Waals surface area contributed by atoms with Crippen molar-refractivity contribution in [2.75, 3.05) is 18.4 Å². The number of anilines is 1. The van der Waals surface area contributed by atoms with Gasteiger partial charge in [0.15, 0.2) is 0 Å². The summed E-state index contributed by atoms with van der Waals surface area (Å²) in [5.74, 6) is 2.05. The molecule has 3 atom stereocenters. The van der Waals surface area contributed by atoms with E-state index in [2.05, 4.69) is 34.3 Å². The van der Waals surface area contributed by atoms with E-state index in [1.807, 2.05) is 12.1 Å². The highest BCUT2D eigenvalue weighted by molar-refractivity contribution is 6.33. The van der Waals surface area contributed by atoms with E-state index in [4.69, 9.17) is 11.6 Å². The molecule has 1 aromatic carbocycles. The standard InChI is InChI=1S/C25H32ClFN4/c1-25(2)9-7-20(8-10-25)31-14-16-11-19(12-17(16)15-31)28-24-6-5-23(29-30-24)21-13-18(27)3-4-22(21)26/h3-6,13,16-17,19-20H,7-12,14-15H2,1-2H3,(H,28,30)/t16-,17+,19?. The summed E-state index contributed by atoms with van der Waals surface area (Å²) >= 11 is 6.19. The molecule has 6 heteroatoms. The summed E-state index contributed by atoms with van der Waals surface area (Å²) in [6.07, 6.45) is 7.88. The summed E-state index contributed by atoms with van der Waals surface area (Å²) in [6.45, 7) is 7.36. The summed E-state index contributed by atoms with van der Waals surface area (Å²) in [6, 6.07) is 9.35. The first-order valence-corrected chi connectivity index (χ1v) is 12.0. The van der Waals surface area contributed by atoms with Crippen LogP contribution in [0.15, 0.2) is 30.3 Å². The molecule has 1 unspecified atom stereocenters. The molecule has 2 saturated carbocycles. The van der Waals surface area contributed by atoms with Gasteiger partial charge in [-0.1, -0.05) is 25.4 Å². The van der Waals surface area contributed by atoms with Gasteiger partial charge in [0.05, 0.1) is 10.7 Å². The molecule has 2 heterocycles. The van der Waals surface area contributed by atoms with Crippen molar-refractivity contribution in [2.24, 2.45) is 17.3 Å². The van der Waals surface area contributed by atoms with E-state index in [1.165, 1.54) is 63.7 Å². The molecule has 0 spiro atoms. The third-order valence-electron chi connectivity index (χ3n) is 7.83. The van der Waals surface area contributed by atoms with Gasteiger partial charge < -0.3 is 5.32 Å². The van der Waals surface area contributed by atoms with E-state index >= 15 is 0 Å². The Morgan fingerprint density at radius 1 is 1.03 bits per heavy atom. The van der Waals surface area contributed by atoms with Gasteiger partial charge in [-0.15, -0.1) is 10.2 Å². The summed E-state index contributed by atoms with van der Waals surface area (Å²) in [5.41, 5.74) is 1.70. The van der Waals surface area contributed by atoms with Gasteiger partial charge in [0.25, 0.3) is 0 Å². The van der Waals surface area contributed by atoms with E-state index in [-0.39, 0.29) is 5.82 Å². The smallest absolute Gasteiger partial charge is 0.148 e. The highest BCUT2D eigenvalue weighted by Crippen LogP contribution is 2.43. The number of nitrogens with zero attached hydrogens (tertiary/aromatic N) is 3. The van der Waals surface area contributed by atoms with Gasteiger partial charge in [-0.05, 0) is 86.1 Å². The Balaban J connectivity index is 1.15. The van der Waals surface area contributed by atoms with E-state index < -0.39 is 0 Å². The number of hydrogen-bond acceptors (Lipinski definition) is 4. The zero-order chi connectivity index (χ0) is 21.6. The fraction of sp³-hybridized carbons (Fsp3) is 0.600. The van der Waals surface area contributed by atoms with Gasteiger partial charge in [-0.25, -0.2) is 4.39 Å². The van der Waals surface area contributed by atoms with Crippen LogP contribution in [-0.4, -0.2) is 40.3 Å². The average Bonchev–Trinajstić information content (AvgIpc) is 3.29. The Morgan fingerprint density at radius 3 is 2.39 bits per heavy atom. The van der Waals surface area contributed by atoms with Crippen molar-refractivity contribution in [2.45, 2.75) is 64.5 Å². The summed E-state index contributed by atoms with van der Waals surface area (Å²) in [5, 5.41) is 12.7. The van der Waals surface area contributed by atoms with Crippen LogP contribution in [-0.2, 0) is 0 Å². The molecular weight excluding hydrogens is 411 g/mol. The van der Waals surface area contributed by atoms with Gasteiger partial charge >= 0.3 is 0 Å². The minimum Gasteiger partial charge on any atom is -0.366 e. The SMILES string of the molecule is CC1(C)CCC(N2C[C@H]3CC(Nc4ccc(-c5cc(F)ccc5Cl)nn4)C[C@H]3C2)CC1. The van der Waals surface area contributed by atoms with Crippen LogP contribution in [0, 0.1) is 23.1 Å². The highest BCUT2D eigenvalue weighted by atomic mass is 35.5. The second-order valence-electron chi connectivity index (χ2n) is 10.6. The van der Waals surface area contributed by atoms with Crippen molar-refractivity contribution in [1.82, 2.24) is 15.1 Å². The molecule has 2 aromatic rings. The Bertz CT molecular complexity index is 908. The highest BCUT2D eigenvalue weighted by Gasteiger charge is 2.43. The van der Waals surface area contributed by atoms with Crippen molar-refractivity contribution in [1.29, 1.82) is 0 Å². The van der Waals surface area contributed by atoms with Crippen molar-refractivity contribution in [3.8, 4) is 11.3 Å². The first-order chi connectivity index (χ1) is 14.9. The lowest BCUT2D eigenvalue weighted by molar-refractivity contribution is 0.119. The number of nitrogens with one attached hydrogen (secondary N) is 1. The van der Waals surface area contributed by atoms with Crippen molar-refractivity contribution in [3.05, 3.63) is 41.2 Å². The fourth-order valence-electron chi connectivity index (χ4n) is 5.96. The first-order valence-electron chi connectivity index (χ1n) is 11.7. The molecule has 1 N–H and O–H groups in total. The lowest BCUT2D eigenvalue weighted by atomic mass is 9.75. The number of hydrogen-bond donors (Lipinski definition) is 1. The predicted molar refractivity (Wildman–Crippen MR) is 124 cm³/mol. The molecular formula is C25H32ClFN4. The molecule has 0 amide bonds. The van der Waals surface area contributed by atoms with Gasteiger partial charge in [0, 0.05) is 30.7 Å². The minimum atomic E-state index is -0.327. The third-order valence-corrected chi connectivity index (χ3v) is 8.15. The molecule has 0 radical (unpaired) electrons. The molecule has 31 heavy (non-hydrogen) atoms. The maximum Gasteiger partial charge on any atom is 0.148 e. The molecule has 3 aliphatic rings. The normalized spacial score (nSPS) is 28.6. The summed E-state index contributed by atoms with van der Waals surface area (Å²) < 4.78 is 13.6. The molecule has 1 saturated heterocycles. The third kappa shape index (κ3) is 4.58. The second kappa shape index (κ2) is 8.32. The predicted octanol–water partition coefficient (Wildman–Crippen LogP) is 6.03. The van der Waals surface area contributed by atoms with E-state index in [1.54, 1.807) is 6.07 Å². The minimum absolute atomic E-state index is 0.327. The summed E-state index contributed by atoms with van der Waals surface area (Å²) in [4.78, 5) is 2.79. The number of benzene rings is 1. The molecule has 1 aliphatic heterocycles. The number of rotatable bonds is 4. The average molecular weight is 443 g/mol. The van der Waals surface area contributed by atoms with Crippen LogP contribution in [0.25, 0.3) is 11.3 Å². The number of likely N-dealkylation sites (tertiary alicyclic amines) is 1. The number of fused-ring (bicyclic) bond motifs is 1. The van der Waals surface area contributed by atoms with Crippen LogP contribution in [0.3, 0.4) is 0 Å². The van der Waals surface area contributed by atoms with E-state index in [9.17, 15) is 4.39 Å². The Labute approximate surface area is 189 Å². The maximum absolute atomic E-state index is 13.6. The Hall–Kier alpha value is -1.72. The topological polar surface area (TPSA) is 41.0 Å². The van der Waals surface area contributed by atoms with Crippen LogP contribution < -0.4 is 5.32 Å². The molecule has 3 fully saturated rings. The van der Waals surface area contributed by atoms with Gasteiger partial charge in [-0.2, -0.15) is 0 Å². The molecule has 2 aliphatic carbocycles. The van der Waals surface area contributed by atoms with Crippen molar-refractivity contribution >= 4 is 17.4 Å². The van der Waals surface area contributed by atoms with Gasteiger partial charge in [0.1, 0.15) is 11.6 Å². The van der Waals surface area contributed by atoms with Gasteiger partial charge in [-0.3, -0.25) is 4.90 Å². The maximum atomic E-state index is 13.6. The summed E-state index contributed by atoms with van der Waals surface area (Å²) in [7, 11) is 0. The van der Waals surface area contributed by atoms with Crippen LogP contribution in [0.5, 0.6) is 0 Å². The second-order valence-corrected chi connectivity index (χ2v) is 11.0. The van der Waals surface area contributed by atoms with Gasteiger partial charge in [0.2, 0.25) is 0 Å². The molecule has 1 aromatic heterocycles. The van der Waals surface area contributed by atoms with Crippen LogP contribution in [0.2, 0.25) is 5.02 Å². The molecule has 4 nitrogen and oxygen atoms in total. The number of aromatic nitrogens is 2. The quantitative estimate of drug-likeness (QED) is 0.627. The zero-order valence-corrected chi connectivity index (χ0v) is 19.2. The van der Waals surface area contributed by atoms with Crippen LogP contribution >= 0.6 is 11.6 Å². The fourth-order valence-corrected chi connectivity index (χ4v) is 6.17. The van der Waals surface area contributed by atoms with Crippen LogP contribution in [0.1, 0.15) is 52.4 Å². The Kier molecular flexibility index (Phi) is 5.68.